The Bertz CT molecular complexity index is 980. The van der Waals surface area contributed by atoms with Gasteiger partial charge in [-0.25, -0.2) is 9.38 Å². The maximum absolute atomic E-state index is 12.4. The summed E-state index contributed by atoms with van der Waals surface area (Å²) in [7, 11) is 0. The van der Waals surface area contributed by atoms with Gasteiger partial charge in [-0.05, 0) is 29.7 Å². The number of benzene rings is 1. The van der Waals surface area contributed by atoms with Crippen molar-refractivity contribution in [3.63, 3.8) is 0 Å². The fourth-order valence-corrected chi connectivity index (χ4v) is 3.82. The minimum atomic E-state index is 0.0158. The average Bonchev–Trinajstić information content (AvgIpc) is 3.09. The summed E-state index contributed by atoms with van der Waals surface area (Å²) in [5, 5.41) is 2.00. The van der Waals surface area contributed by atoms with Gasteiger partial charge in [0.15, 0.2) is 4.96 Å². The molecule has 0 unspecified atom stereocenters. The Morgan fingerprint density at radius 2 is 2.05 bits per heavy atom. The van der Waals surface area contributed by atoms with Crippen LogP contribution in [0, 0.1) is 0 Å². The van der Waals surface area contributed by atoms with Crippen molar-refractivity contribution >= 4 is 44.7 Å². The van der Waals surface area contributed by atoms with E-state index in [-0.39, 0.29) is 5.56 Å². The van der Waals surface area contributed by atoms with Gasteiger partial charge in [0.05, 0.1) is 15.6 Å². The molecule has 0 radical (unpaired) electrons. The third-order valence-corrected chi connectivity index (χ3v) is 4.75. The summed E-state index contributed by atoms with van der Waals surface area (Å²) in [6, 6.07) is 11.7. The Labute approximate surface area is 116 Å². The number of para-hydroxylation sites is 2. The van der Waals surface area contributed by atoms with Crippen molar-refractivity contribution in [1.82, 2.24) is 9.38 Å². The van der Waals surface area contributed by atoms with Crippen molar-refractivity contribution in [3.05, 3.63) is 61.5 Å². The standard InChI is InChI=1S/C14H8N2OS2/c17-13-12(8-9-4-3-7-18-9)19-14-15-10-5-1-2-6-11(10)16(13)14/h1-8H. The Morgan fingerprint density at radius 1 is 1.16 bits per heavy atom. The Morgan fingerprint density at radius 3 is 2.89 bits per heavy atom. The Hall–Kier alpha value is -1.98. The Kier molecular flexibility index (Phi) is 2.30. The van der Waals surface area contributed by atoms with E-state index in [1.54, 1.807) is 15.7 Å². The first kappa shape index (κ1) is 10.9. The van der Waals surface area contributed by atoms with E-state index < -0.39 is 0 Å². The predicted octanol–water partition coefficient (Wildman–Crippen LogP) is 2.52. The highest BCUT2D eigenvalue weighted by Crippen LogP contribution is 2.16. The van der Waals surface area contributed by atoms with Crippen LogP contribution in [-0.4, -0.2) is 9.38 Å². The van der Waals surface area contributed by atoms with E-state index in [2.05, 4.69) is 4.98 Å². The lowest BCUT2D eigenvalue weighted by molar-refractivity contribution is 1.19. The molecule has 0 atom stereocenters. The number of thiophene rings is 1. The lowest BCUT2D eigenvalue weighted by atomic mass is 10.3. The molecule has 4 rings (SSSR count). The van der Waals surface area contributed by atoms with Gasteiger partial charge in [-0.3, -0.25) is 4.79 Å². The zero-order chi connectivity index (χ0) is 12.8. The van der Waals surface area contributed by atoms with Gasteiger partial charge in [-0.1, -0.05) is 29.5 Å². The normalized spacial score (nSPS) is 12.7. The van der Waals surface area contributed by atoms with E-state index >= 15 is 0 Å². The van der Waals surface area contributed by atoms with Crippen LogP contribution in [0.3, 0.4) is 0 Å². The highest BCUT2D eigenvalue weighted by molar-refractivity contribution is 7.15. The van der Waals surface area contributed by atoms with E-state index in [9.17, 15) is 4.79 Å². The van der Waals surface area contributed by atoms with E-state index in [0.29, 0.717) is 0 Å². The van der Waals surface area contributed by atoms with Crippen molar-refractivity contribution in [1.29, 1.82) is 0 Å². The molecule has 0 aliphatic heterocycles. The number of nitrogens with zero attached hydrogens (tertiary/aromatic N) is 2. The lowest BCUT2D eigenvalue weighted by Crippen LogP contribution is -2.22. The minimum absolute atomic E-state index is 0.0158. The van der Waals surface area contributed by atoms with Gasteiger partial charge in [-0.15, -0.1) is 11.3 Å². The highest BCUT2D eigenvalue weighted by Gasteiger charge is 2.10. The summed E-state index contributed by atoms with van der Waals surface area (Å²) in [4.78, 5) is 18.8. The second kappa shape index (κ2) is 4.01. The van der Waals surface area contributed by atoms with E-state index in [4.69, 9.17) is 0 Å². The smallest absolute Gasteiger partial charge is 0.267 e. The van der Waals surface area contributed by atoms with Crippen LogP contribution in [0.4, 0.5) is 0 Å². The minimum Gasteiger partial charge on any atom is -0.267 e. The molecule has 3 nitrogen and oxygen atoms in total. The highest BCUT2D eigenvalue weighted by atomic mass is 32.1. The molecular formula is C14H8N2OS2. The molecule has 3 heterocycles. The zero-order valence-electron chi connectivity index (χ0n) is 9.74. The molecular weight excluding hydrogens is 276 g/mol. The number of rotatable bonds is 1. The second-order valence-electron chi connectivity index (χ2n) is 4.15. The fourth-order valence-electron chi connectivity index (χ4n) is 2.11. The van der Waals surface area contributed by atoms with Crippen LogP contribution >= 0.6 is 22.7 Å². The average molecular weight is 284 g/mol. The fraction of sp³-hybridized carbons (Fsp3) is 0. The van der Waals surface area contributed by atoms with Gasteiger partial charge in [0.1, 0.15) is 0 Å². The van der Waals surface area contributed by atoms with Crippen molar-refractivity contribution < 1.29 is 0 Å². The number of imidazole rings is 1. The van der Waals surface area contributed by atoms with Crippen LogP contribution < -0.4 is 10.1 Å². The SMILES string of the molecule is O=c1c(=Cc2cccs2)sc2nc3ccccc3n12. The Balaban J connectivity index is 2.11. The molecule has 0 spiro atoms. The first-order chi connectivity index (χ1) is 9.33. The summed E-state index contributed by atoms with van der Waals surface area (Å²) >= 11 is 3.06. The summed E-state index contributed by atoms with van der Waals surface area (Å²) in [6.45, 7) is 0. The van der Waals surface area contributed by atoms with Crippen LogP contribution in [-0.2, 0) is 0 Å². The third kappa shape index (κ3) is 1.63. The quantitative estimate of drug-likeness (QED) is 0.538. The molecule has 0 bridgehead atoms. The molecule has 3 aromatic heterocycles. The second-order valence-corrected chi connectivity index (χ2v) is 6.14. The molecule has 4 aromatic rings. The van der Waals surface area contributed by atoms with Crippen molar-refractivity contribution in [2.24, 2.45) is 0 Å². The van der Waals surface area contributed by atoms with Crippen LogP contribution in [0.2, 0.25) is 0 Å². The van der Waals surface area contributed by atoms with E-state index in [1.165, 1.54) is 11.3 Å². The molecule has 0 N–H and O–H groups in total. The monoisotopic (exact) mass is 284 g/mol. The molecule has 5 heteroatoms. The van der Waals surface area contributed by atoms with Crippen molar-refractivity contribution in [2.45, 2.75) is 0 Å². The predicted molar refractivity (Wildman–Crippen MR) is 79.9 cm³/mol. The number of hydrogen-bond acceptors (Lipinski definition) is 4. The number of thiazole rings is 1. The van der Waals surface area contributed by atoms with Gasteiger partial charge in [0.25, 0.3) is 5.56 Å². The maximum Gasteiger partial charge on any atom is 0.274 e. The lowest BCUT2D eigenvalue weighted by Gasteiger charge is -1.86. The third-order valence-electron chi connectivity index (χ3n) is 2.96. The zero-order valence-corrected chi connectivity index (χ0v) is 11.4. The number of fused-ring (bicyclic) bond motifs is 3. The maximum atomic E-state index is 12.4. The summed E-state index contributed by atoms with van der Waals surface area (Å²) in [5.41, 5.74) is 1.76. The van der Waals surface area contributed by atoms with Crippen LogP contribution in [0.5, 0.6) is 0 Å². The van der Waals surface area contributed by atoms with Crippen LogP contribution in [0.15, 0.2) is 46.6 Å². The molecule has 1 aromatic carbocycles. The number of aromatic nitrogens is 2. The number of hydrogen-bond donors (Lipinski definition) is 0. The largest absolute Gasteiger partial charge is 0.274 e. The summed E-state index contributed by atoms with van der Waals surface area (Å²) in [6.07, 6.45) is 1.93. The molecule has 19 heavy (non-hydrogen) atoms. The van der Waals surface area contributed by atoms with Crippen LogP contribution in [0.1, 0.15) is 4.88 Å². The van der Waals surface area contributed by atoms with Gasteiger partial charge < -0.3 is 0 Å². The molecule has 0 saturated heterocycles. The van der Waals surface area contributed by atoms with Gasteiger partial charge in [0, 0.05) is 4.88 Å². The molecule has 0 amide bonds. The molecule has 0 fully saturated rings. The van der Waals surface area contributed by atoms with Gasteiger partial charge in [-0.2, -0.15) is 0 Å². The summed E-state index contributed by atoms with van der Waals surface area (Å²) < 4.78 is 2.43. The van der Waals surface area contributed by atoms with Gasteiger partial charge >= 0.3 is 0 Å². The molecule has 0 aliphatic carbocycles. The van der Waals surface area contributed by atoms with E-state index in [0.717, 1.165) is 25.4 Å². The first-order valence-corrected chi connectivity index (χ1v) is 7.48. The van der Waals surface area contributed by atoms with Gasteiger partial charge in [0.2, 0.25) is 0 Å². The van der Waals surface area contributed by atoms with Crippen LogP contribution in [0.25, 0.3) is 22.1 Å². The molecule has 0 saturated carbocycles. The molecule has 92 valence electrons. The first-order valence-electron chi connectivity index (χ1n) is 5.78. The van der Waals surface area contributed by atoms with Crippen molar-refractivity contribution in [3.8, 4) is 0 Å². The topological polar surface area (TPSA) is 34.4 Å². The van der Waals surface area contributed by atoms with E-state index in [1.807, 2.05) is 47.9 Å². The molecule has 0 aliphatic rings. The van der Waals surface area contributed by atoms with Crippen molar-refractivity contribution in [2.75, 3.05) is 0 Å². The summed E-state index contributed by atoms with van der Waals surface area (Å²) in [5.74, 6) is 0.